The van der Waals surface area contributed by atoms with Crippen molar-refractivity contribution in [3.05, 3.63) is 101 Å². The molecule has 7 heteroatoms. The van der Waals surface area contributed by atoms with Gasteiger partial charge in [0, 0.05) is 6.20 Å². The van der Waals surface area contributed by atoms with E-state index in [2.05, 4.69) is 10.1 Å². The predicted octanol–water partition coefficient (Wildman–Crippen LogP) is 4.78. The summed E-state index contributed by atoms with van der Waals surface area (Å²) in [7, 11) is 0. The van der Waals surface area contributed by atoms with E-state index >= 15 is 0 Å². The van der Waals surface area contributed by atoms with E-state index in [-0.39, 0.29) is 22.6 Å². The van der Waals surface area contributed by atoms with Gasteiger partial charge in [0.05, 0.1) is 23.5 Å². The Morgan fingerprint density at radius 3 is 2.34 bits per heavy atom. The van der Waals surface area contributed by atoms with Crippen LogP contribution in [-0.2, 0) is 0 Å². The lowest BCUT2D eigenvalue weighted by Gasteiger charge is -2.13. The molecule has 0 aliphatic rings. The molecule has 0 saturated heterocycles. The van der Waals surface area contributed by atoms with Crippen LogP contribution in [0, 0.1) is 5.82 Å². The van der Waals surface area contributed by atoms with Crippen LogP contribution in [0.1, 0.15) is 6.92 Å². The number of hydrogen-bond acceptors (Lipinski definition) is 4. The van der Waals surface area contributed by atoms with Gasteiger partial charge in [0.1, 0.15) is 17.0 Å². The molecule has 0 unspecified atom stereocenters. The van der Waals surface area contributed by atoms with Gasteiger partial charge in [-0.1, -0.05) is 30.3 Å². The summed E-state index contributed by atoms with van der Waals surface area (Å²) in [6, 6.07) is 22.7. The maximum absolute atomic E-state index is 14.7. The second kappa shape index (κ2) is 8.11. The second-order valence-corrected chi connectivity index (χ2v) is 7.13. The van der Waals surface area contributed by atoms with Gasteiger partial charge in [-0.25, -0.2) is 14.1 Å². The SMILES string of the molecule is CCOc1ccc(-n2c(-c3ccccc3F)nc3nn(-c4ccccc4)cc3c2=O)cc1. The number of nitrogens with zero attached hydrogens (tertiary/aromatic N) is 4. The highest BCUT2D eigenvalue weighted by atomic mass is 19.1. The number of para-hydroxylation sites is 1. The Hall–Kier alpha value is -4.26. The van der Waals surface area contributed by atoms with Crippen molar-refractivity contribution in [2.45, 2.75) is 6.92 Å². The van der Waals surface area contributed by atoms with Crippen molar-refractivity contribution in [2.75, 3.05) is 6.61 Å². The molecule has 2 aromatic heterocycles. The number of fused-ring (bicyclic) bond motifs is 1. The van der Waals surface area contributed by atoms with Crippen molar-refractivity contribution >= 4 is 11.0 Å². The van der Waals surface area contributed by atoms with Crippen LogP contribution >= 0.6 is 0 Å². The van der Waals surface area contributed by atoms with Gasteiger partial charge in [0.2, 0.25) is 0 Å². The molecular weight excluding hydrogens is 407 g/mol. The van der Waals surface area contributed by atoms with Crippen molar-refractivity contribution in [1.82, 2.24) is 19.3 Å². The van der Waals surface area contributed by atoms with Crippen molar-refractivity contribution in [2.24, 2.45) is 0 Å². The van der Waals surface area contributed by atoms with Gasteiger partial charge in [-0.2, -0.15) is 0 Å². The molecule has 0 aliphatic carbocycles. The molecule has 0 spiro atoms. The molecule has 0 amide bonds. The van der Waals surface area contributed by atoms with Crippen LogP contribution in [-0.4, -0.2) is 25.9 Å². The number of rotatable bonds is 5. The number of benzene rings is 3. The average molecular weight is 426 g/mol. The fraction of sp³-hybridized carbons (Fsp3) is 0.0800. The molecule has 2 heterocycles. The molecule has 32 heavy (non-hydrogen) atoms. The van der Waals surface area contributed by atoms with E-state index in [0.29, 0.717) is 23.4 Å². The minimum atomic E-state index is -0.471. The normalized spacial score (nSPS) is 11.1. The van der Waals surface area contributed by atoms with Crippen molar-refractivity contribution in [3.63, 3.8) is 0 Å². The fourth-order valence-electron chi connectivity index (χ4n) is 3.60. The zero-order chi connectivity index (χ0) is 22.1. The monoisotopic (exact) mass is 426 g/mol. The van der Waals surface area contributed by atoms with E-state index in [1.807, 2.05) is 37.3 Å². The molecule has 0 fully saturated rings. The molecule has 5 rings (SSSR count). The van der Waals surface area contributed by atoms with E-state index in [0.717, 1.165) is 5.69 Å². The van der Waals surface area contributed by atoms with Crippen LogP contribution in [0.4, 0.5) is 4.39 Å². The van der Waals surface area contributed by atoms with Gasteiger partial charge in [0.15, 0.2) is 11.5 Å². The van der Waals surface area contributed by atoms with E-state index < -0.39 is 5.82 Å². The van der Waals surface area contributed by atoms with Crippen molar-refractivity contribution in [1.29, 1.82) is 0 Å². The molecule has 0 aliphatic heterocycles. The summed E-state index contributed by atoms with van der Waals surface area (Å²) in [5, 5.41) is 4.82. The third kappa shape index (κ3) is 3.43. The predicted molar refractivity (Wildman–Crippen MR) is 121 cm³/mol. The molecule has 3 aromatic carbocycles. The highest BCUT2D eigenvalue weighted by molar-refractivity contribution is 5.77. The highest BCUT2D eigenvalue weighted by Gasteiger charge is 2.19. The minimum absolute atomic E-state index is 0.183. The Labute approximate surface area is 183 Å². The Kier molecular flexibility index (Phi) is 4.99. The number of halogens is 1. The summed E-state index contributed by atoms with van der Waals surface area (Å²) < 4.78 is 23.3. The Morgan fingerprint density at radius 1 is 0.906 bits per heavy atom. The van der Waals surface area contributed by atoms with Gasteiger partial charge in [-0.05, 0) is 55.5 Å². The van der Waals surface area contributed by atoms with Crippen LogP contribution in [0.15, 0.2) is 89.9 Å². The Balaban J connectivity index is 1.78. The number of aromatic nitrogens is 4. The zero-order valence-electron chi connectivity index (χ0n) is 17.3. The van der Waals surface area contributed by atoms with E-state index in [4.69, 9.17) is 4.74 Å². The van der Waals surface area contributed by atoms with Gasteiger partial charge in [0.25, 0.3) is 5.56 Å². The van der Waals surface area contributed by atoms with Crippen molar-refractivity contribution in [3.8, 4) is 28.5 Å². The lowest BCUT2D eigenvalue weighted by Crippen LogP contribution is -2.21. The molecule has 0 N–H and O–H groups in total. The highest BCUT2D eigenvalue weighted by Crippen LogP contribution is 2.25. The number of ether oxygens (including phenoxy) is 1. The molecule has 0 saturated carbocycles. The molecule has 0 radical (unpaired) electrons. The minimum Gasteiger partial charge on any atom is -0.494 e. The third-order valence-corrected chi connectivity index (χ3v) is 5.09. The smallest absolute Gasteiger partial charge is 0.269 e. The maximum atomic E-state index is 14.7. The lowest BCUT2D eigenvalue weighted by molar-refractivity contribution is 0.340. The first-order valence-electron chi connectivity index (χ1n) is 10.2. The van der Waals surface area contributed by atoms with E-state index in [9.17, 15) is 9.18 Å². The van der Waals surface area contributed by atoms with Gasteiger partial charge >= 0.3 is 0 Å². The molecule has 158 valence electrons. The summed E-state index contributed by atoms with van der Waals surface area (Å²) >= 11 is 0. The fourth-order valence-corrected chi connectivity index (χ4v) is 3.60. The first kappa shape index (κ1) is 19.7. The number of hydrogen-bond donors (Lipinski definition) is 0. The first-order valence-corrected chi connectivity index (χ1v) is 10.2. The molecule has 0 bridgehead atoms. The zero-order valence-corrected chi connectivity index (χ0v) is 17.3. The van der Waals surface area contributed by atoms with Gasteiger partial charge in [-0.3, -0.25) is 9.36 Å². The van der Waals surface area contributed by atoms with E-state index in [1.165, 1.54) is 10.6 Å². The molecule has 5 aromatic rings. The summed E-state index contributed by atoms with van der Waals surface area (Å²) in [6.45, 7) is 2.43. The standard InChI is InChI=1S/C25H19FN4O2/c1-2-32-19-14-12-18(13-15-19)30-24(20-10-6-7-11-22(20)26)27-23-21(25(30)31)16-29(28-23)17-8-4-3-5-9-17/h3-16H,2H2,1H3. The van der Waals surface area contributed by atoms with Crippen LogP contribution in [0.3, 0.4) is 0 Å². The Morgan fingerprint density at radius 2 is 1.62 bits per heavy atom. The molecule has 0 atom stereocenters. The Bertz CT molecular complexity index is 1460. The molecular formula is C25H19FN4O2. The largest absolute Gasteiger partial charge is 0.494 e. The second-order valence-electron chi connectivity index (χ2n) is 7.13. The van der Waals surface area contributed by atoms with Crippen LogP contribution in [0.5, 0.6) is 5.75 Å². The van der Waals surface area contributed by atoms with Crippen molar-refractivity contribution < 1.29 is 9.13 Å². The summed E-state index contributed by atoms with van der Waals surface area (Å²) in [6.07, 6.45) is 1.65. The summed E-state index contributed by atoms with van der Waals surface area (Å²) in [4.78, 5) is 18.2. The first-order chi connectivity index (χ1) is 15.7. The molecule has 6 nitrogen and oxygen atoms in total. The van der Waals surface area contributed by atoms with Gasteiger partial charge < -0.3 is 4.74 Å². The maximum Gasteiger partial charge on any atom is 0.269 e. The summed E-state index contributed by atoms with van der Waals surface area (Å²) in [5.41, 5.74) is 1.48. The van der Waals surface area contributed by atoms with Gasteiger partial charge in [-0.15, -0.1) is 5.10 Å². The van der Waals surface area contributed by atoms with Crippen LogP contribution < -0.4 is 10.3 Å². The average Bonchev–Trinajstić information content (AvgIpc) is 3.26. The van der Waals surface area contributed by atoms with E-state index in [1.54, 1.807) is 53.3 Å². The lowest BCUT2D eigenvalue weighted by atomic mass is 10.1. The summed E-state index contributed by atoms with van der Waals surface area (Å²) in [5.74, 6) is 0.395. The quantitative estimate of drug-likeness (QED) is 0.406. The topological polar surface area (TPSA) is 61.9 Å². The van der Waals surface area contributed by atoms with Crippen LogP contribution in [0.2, 0.25) is 0 Å². The van der Waals surface area contributed by atoms with Crippen LogP contribution in [0.25, 0.3) is 33.8 Å². The third-order valence-electron chi connectivity index (χ3n) is 5.09.